The van der Waals surface area contributed by atoms with E-state index in [0.717, 1.165) is 17.9 Å². The molecule has 0 radical (unpaired) electrons. The summed E-state index contributed by atoms with van der Waals surface area (Å²) < 4.78 is 11.7. The van der Waals surface area contributed by atoms with Gasteiger partial charge in [0.25, 0.3) is 0 Å². The second-order valence-corrected chi connectivity index (χ2v) is 6.08. The van der Waals surface area contributed by atoms with E-state index in [-0.39, 0.29) is 12.1 Å². The average molecular weight is 265 g/mol. The molecule has 3 N–H and O–H groups in total. The van der Waals surface area contributed by atoms with Crippen molar-refractivity contribution < 1.29 is 14.6 Å². The van der Waals surface area contributed by atoms with Crippen LogP contribution in [-0.4, -0.2) is 29.5 Å². The predicted octanol–water partition coefficient (Wildman–Crippen LogP) is 1.88. The molecule has 0 fully saturated rings. The fourth-order valence-corrected chi connectivity index (χ4v) is 2.18. The molecule has 0 aromatic heterocycles. The van der Waals surface area contributed by atoms with Crippen LogP contribution in [0.4, 0.5) is 0 Å². The number of ether oxygens (including phenoxy) is 2. The highest BCUT2D eigenvalue weighted by atomic mass is 16.5. The molecule has 2 rings (SSSR count). The minimum atomic E-state index is -0.877. The van der Waals surface area contributed by atoms with E-state index >= 15 is 0 Å². The summed E-state index contributed by atoms with van der Waals surface area (Å²) in [6, 6.07) is 5.93. The summed E-state index contributed by atoms with van der Waals surface area (Å²) in [5.74, 6) is 1.58. The lowest BCUT2D eigenvalue weighted by Gasteiger charge is -2.22. The maximum Gasteiger partial charge on any atom is 0.165 e. The summed E-state index contributed by atoms with van der Waals surface area (Å²) in [5.41, 5.74) is 5.60. The van der Waals surface area contributed by atoms with Crippen LogP contribution in [0.3, 0.4) is 0 Å². The van der Waals surface area contributed by atoms with Crippen LogP contribution in [0.15, 0.2) is 18.2 Å². The van der Waals surface area contributed by atoms with Crippen molar-refractivity contribution in [3.05, 3.63) is 23.8 Å². The topological polar surface area (TPSA) is 64.7 Å². The molecule has 0 bridgehead atoms. The zero-order valence-corrected chi connectivity index (χ0v) is 11.9. The molecule has 1 atom stereocenters. The van der Waals surface area contributed by atoms with Crippen molar-refractivity contribution >= 4 is 0 Å². The second kappa shape index (κ2) is 5.02. The number of hydrogen-bond acceptors (Lipinski definition) is 4. The van der Waals surface area contributed by atoms with Crippen molar-refractivity contribution in [2.75, 3.05) is 13.2 Å². The molecular weight excluding hydrogens is 242 g/mol. The van der Waals surface area contributed by atoms with Gasteiger partial charge in [-0.2, -0.15) is 0 Å². The molecule has 1 aliphatic heterocycles. The Bertz CT molecular complexity index is 455. The Morgan fingerprint density at radius 1 is 1.47 bits per heavy atom. The summed E-state index contributed by atoms with van der Waals surface area (Å²) in [6.45, 7) is 6.49. The Morgan fingerprint density at radius 3 is 2.89 bits per heavy atom. The third-order valence-corrected chi connectivity index (χ3v) is 3.39. The highest BCUT2D eigenvalue weighted by Gasteiger charge is 2.32. The van der Waals surface area contributed by atoms with E-state index in [0.29, 0.717) is 13.0 Å². The molecule has 0 amide bonds. The second-order valence-electron chi connectivity index (χ2n) is 6.08. The molecule has 1 aromatic rings. The van der Waals surface area contributed by atoms with Crippen LogP contribution in [0, 0.1) is 0 Å². The molecule has 19 heavy (non-hydrogen) atoms. The lowest BCUT2D eigenvalue weighted by atomic mass is 10.0. The molecule has 4 heteroatoms. The van der Waals surface area contributed by atoms with Crippen molar-refractivity contribution in [1.29, 1.82) is 0 Å². The van der Waals surface area contributed by atoms with Gasteiger partial charge in [-0.05, 0) is 26.8 Å². The fourth-order valence-electron chi connectivity index (χ4n) is 2.18. The smallest absolute Gasteiger partial charge is 0.165 e. The molecule has 1 unspecified atom stereocenters. The molecule has 4 nitrogen and oxygen atoms in total. The summed E-state index contributed by atoms with van der Waals surface area (Å²) in [7, 11) is 0. The van der Waals surface area contributed by atoms with Gasteiger partial charge in [0.2, 0.25) is 0 Å². The van der Waals surface area contributed by atoms with E-state index in [2.05, 4.69) is 19.9 Å². The van der Waals surface area contributed by atoms with Gasteiger partial charge in [0.1, 0.15) is 5.60 Å². The van der Waals surface area contributed by atoms with Crippen LogP contribution in [0.25, 0.3) is 0 Å². The number of rotatable bonds is 5. The number of hydrogen-bond donors (Lipinski definition) is 2. The molecule has 1 heterocycles. The highest BCUT2D eigenvalue weighted by molar-refractivity contribution is 5.50. The van der Waals surface area contributed by atoms with E-state index in [1.807, 2.05) is 12.1 Å². The summed E-state index contributed by atoms with van der Waals surface area (Å²) in [5, 5.41) is 9.84. The van der Waals surface area contributed by atoms with Crippen LogP contribution < -0.4 is 15.2 Å². The maximum absolute atomic E-state index is 9.84. The largest absolute Gasteiger partial charge is 0.490 e. The van der Waals surface area contributed by atoms with Crippen LogP contribution in [0.5, 0.6) is 11.5 Å². The lowest BCUT2D eigenvalue weighted by molar-refractivity contribution is 0.0442. The molecule has 1 aromatic carbocycles. The Kier molecular flexibility index (Phi) is 3.74. The molecule has 0 saturated carbocycles. The first-order chi connectivity index (χ1) is 8.83. The Morgan fingerprint density at radius 2 is 2.21 bits per heavy atom. The fraction of sp³-hybridized carbons (Fsp3) is 0.600. The van der Waals surface area contributed by atoms with E-state index in [4.69, 9.17) is 15.2 Å². The van der Waals surface area contributed by atoms with Gasteiger partial charge in [0.05, 0.1) is 12.2 Å². The van der Waals surface area contributed by atoms with E-state index in [9.17, 15) is 5.11 Å². The van der Waals surface area contributed by atoms with Crippen LogP contribution in [0.1, 0.15) is 32.8 Å². The maximum atomic E-state index is 9.84. The molecule has 0 aliphatic carbocycles. The molecular formula is C15H23NO3. The monoisotopic (exact) mass is 265 g/mol. The third-order valence-electron chi connectivity index (χ3n) is 3.39. The minimum absolute atomic E-state index is 0.176. The number of aliphatic hydroxyl groups is 1. The molecule has 106 valence electrons. The number of para-hydroxylation sites is 1. The average Bonchev–Trinajstić information content (AvgIpc) is 2.64. The normalized spacial score (nSPS) is 19.4. The van der Waals surface area contributed by atoms with Gasteiger partial charge < -0.3 is 20.3 Å². The number of fused-ring (bicyclic) bond motifs is 1. The van der Waals surface area contributed by atoms with Gasteiger partial charge in [0.15, 0.2) is 11.5 Å². The molecule has 0 saturated heterocycles. The number of benzene rings is 1. The van der Waals surface area contributed by atoms with Gasteiger partial charge in [-0.25, -0.2) is 0 Å². The van der Waals surface area contributed by atoms with Crippen molar-refractivity contribution in [2.45, 2.75) is 44.8 Å². The molecule has 0 spiro atoms. The van der Waals surface area contributed by atoms with Crippen molar-refractivity contribution in [3.8, 4) is 11.5 Å². The van der Waals surface area contributed by atoms with E-state index in [1.54, 1.807) is 6.92 Å². The first-order valence-corrected chi connectivity index (χ1v) is 6.69. The van der Waals surface area contributed by atoms with E-state index in [1.165, 1.54) is 5.56 Å². The van der Waals surface area contributed by atoms with Crippen molar-refractivity contribution in [3.63, 3.8) is 0 Å². The predicted molar refractivity (Wildman–Crippen MR) is 74.6 cm³/mol. The Hall–Kier alpha value is -1.26. The first kappa shape index (κ1) is 14.2. The van der Waals surface area contributed by atoms with Crippen LogP contribution >= 0.6 is 0 Å². The number of nitrogens with two attached hydrogens (primary N) is 1. The quantitative estimate of drug-likeness (QED) is 0.853. The zero-order valence-electron chi connectivity index (χ0n) is 11.9. The van der Waals surface area contributed by atoms with Crippen LogP contribution in [0.2, 0.25) is 0 Å². The van der Waals surface area contributed by atoms with Crippen molar-refractivity contribution in [2.24, 2.45) is 5.73 Å². The van der Waals surface area contributed by atoms with Gasteiger partial charge in [0, 0.05) is 24.9 Å². The van der Waals surface area contributed by atoms with Gasteiger partial charge in [-0.1, -0.05) is 12.1 Å². The SMILES string of the molecule is CC(O)(CN)CCOc1cccc2c1OC(C)(C)C2. The highest BCUT2D eigenvalue weighted by Crippen LogP contribution is 2.41. The van der Waals surface area contributed by atoms with Crippen LogP contribution in [-0.2, 0) is 6.42 Å². The van der Waals surface area contributed by atoms with Crippen molar-refractivity contribution in [1.82, 2.24) is 0 Å². The zero-order chi connectivity index (χ0) is 14.1. The van der Waals surface area contributed by atoms with Gasteiger partial charge in [-0.3, -0.25) is 0 Å². The Balaban J connectivity index is 2.02. The summed E-state index contributed by atoms with van der Waals surface area (Å²) in [4.78, 5) is 0. The standard InChI is InChI=1S/C15H23NO3/c1-14(2)9-11-5-4-6-12(13(11)19-14)18-8-7-15(3,17)10-16/h4-6,17H,7-10,16H2,1-3H3. The Labute approximate surface area is 114 Å². The molecule has 1 aliphatic rings. The lowest BCUT2D eigenvalue weighted by Crippen LogP contribution is -2.35. The third kappa shape index (κ3) is 3.39. The minimum Gasteiger partial charge on any atom is -0.490 e. The van der Waals surface area contributed by atoms with E-state index < -0.39 is 5.60 Å². The van der Waals surface area contributed by atoms with Gasteiger partial charge in [-0.15, -0.1) is 0 Å². The summed E-state index contributed by atoms with van der Waals surface area (Å²) in [6.07, 6.45) is 1.39. The first-order valence-electron chi connectivity index (χ1n) is 6.69. The summed E-state index contributed by atoms with van der Waals surface area (Å²) >= 11 is 0. The van der Waals surface area contributed by atoms with Gasteiger partial charge >= 0.3 is 0 Å².